The van der Waals surface area contributed by atoms with Crippen LogP contribution in [0.1, 0.15) is 18.1 Å². The van der Waals surface area contributed by atoms with E-state index in [1.54, 1.807) is 6.20 Å². The summed E-state index contributed by atoms with van der Waals surface area (Å²) < 4.78 is 14.8. The molecule has 13 heteroatoms. The second kappa shape index (κ2) is 13.7. The van der Waals surface area contributed by atoms with Gasteiger partial charge in [-0.1, -0.05) is 19.1 Å². The van der Waals surface area contributed by atoms with Crippen molar-refractivity contribution in [3.8, 4) is 5.88 Å². The average molecular weight is 580 g/mol. The number of anilines is 3. The van der Waals surface area contributed by atoms with Crippen molar-refractivity contribution in [1.29, 1.82) is 0 Å². The second-order valence-electron chi connectivity index (χ2n) is 10.3. The Bertz CT molecular complexity index is 1320. The third-order valence-corrected chi connectivity index (χ3v) is 7.83. The second-order valence-corrected chi connectivity index (χ2v) is 10.8. The van der Waals surface area contributed by atoms with Crippen LogP contribution in [0.4, 0.5) is 22.1 Å². The van der Waals surface area contributed by atoms with Crippen molar-refractivity contribution in [3.63, 3.8) is 0 Å². The summed E-state index contributed by atoms with van der Waals surface area (Å²) in [7, 11) is 2.09. The number of piperazine rings is 2. The Labute approximate surface area is 244 Å². The standard InChI is InChI=1S/C28H37N9O3S/c1-3-21-5-4-6-23(17-21)30-28(39)37-15-13-36(14-16-37)26-27(33-41-32-26)40-20-22-7-8-29-24(18-22)31-25(38)19-35-11-9-34(2)10-12-35/h4-8,17-18H,3,9-16,19-20H2,1-2H3,(H,30,39)(H,29,31,38). The summed E-state index contributed by atoms with van der Waals surface area (Å²) in [4.78, 5) is 37.9. The molecule has 3 amide bonds. The average Bonchev–Trinajstić information content (AvgIpc) is 3.46. The molecule has 2 aliphatic rings. The molecule has 2 aliphatic heterocycles. The van der Waals surface area contributed by atoms with Crippen LogP contribution in [-0.2, 0) is 17.8 Å². The first-order valence-corrected chi connectivity index (χ1v) is 14.7. The Balaban J connectivity index is 1.10. The van der Waals surface area contributed by atoms with Crippen molar-refractivity contribution >= 4 is 41.0 Å². The number of nitrogens with zero attached hydrogens (tertiary/aromatic N) is 7. The summed E-state index contributed by atoms with van der Waals surface area (Å²) in [6, 6.07) is 11.5. The largest absolute Gasteiger partial charge is 0.470 e. The number of likely N-dealkylation sites (N-methyl/N-ethyl adjacent to an activating group) is 1. The van der Waals surface area contributed by atoms with Gasteiger partial charge in [0.25, 0.3) is 5.88 Å². The molecule has 0 unspecified atom stereocenters. The van der Waals surface area contributed by atoms with E-state index in [-0.39, 0.29) is 18.5 Å². The lowest BCUT2D eigenvalue weighted by molar-refractivity contribution is -0.117. The number of carbonyl (C=O) groups excluding carboxylic acids is 2. The lowest BCUT2D eigenvalue weighted by Crippen LogP contribution is -2.50. The van der Waals surface area contributed by atoms with Crippen molar-refractivity contribution in [2.24, 2.45) is 0 Å². The van der Waals surface area contributed by atoms with Gasteiger partial charge in [-0.05, 0) is 48.9 Å². The maximum Gasteiger partial charge on any atom is 0.321 e. The van der Waals surface area contributed by atoms with E-state index >= 15 is 0 Å². The lowest BCUT2D eigenvalue weighted by atomic mass is 10.1. The maximum atomic E-state index is 12.8. The lowest BCUT2D eigenvalue weighted by Gasteiger charge is -2.34. The molecule has 2 fully saturated rings. The molecule has 0 spiro atoms. The van der Waals surface area contributed by atoms with Gasteiger partial charge in [-0.15, -0.1) is 4.37 Å². The molecule has 0 saturated carbocycles. The predicted molar refractivity (Wildman–Crippen MR) is 160 cm³/mol. The van der Waals surface area contributed by atoms with Crippen molar-refractivity contribution in [3.05, 3.63) is 53.7 Å². The first-order valence-electron chi connectivity index (χ1n) is 14.0. The molecule has 5 rings (SSSR count). The first-order chi connectivity index (χ1) is 20.0. The third kappa shape index (κ3) is 7.90. The zero-order valence-electron chi connectivity index (χ0n) is 23.6. The fraction of sp³-hybridized carbons (Fsp3) is 0.464. The molecule has 4 heterocycles. The molecular formula is C28H37N9O3S. The van der Waals surface area contributed by atoms with Gasteiger partial charge in [0.1, 0.15) is 12.4 Å². The van der Waals surface area contributed by atoms with Gasteiger partial charge in [-0.2, -0.15) is 4.37 Å². The molecule has 0 radical (unpaired) electrons. The molecule has 2 aromatic heterocycles. The Hall–Kier alpha value is -3.81. The Morgan fingerprint density at radius 2 is 1.76 bits per heavy atom. The van der Waals surface area contributed by atoms with Gasteiger partial charge in [-0.3, -0.25) is 9.69 Å². The number of amides is 3. The molecule has 1 aromatic carbocycles. The van der Waals surface area contributed by atoms with E-state index in [2.05, 4.69) is 59.1 Å². The molecule has 12 nitrogen and oxygen atoms in total. The number of carbonyl (C=O) groups is 2. The van der Waals surface area contributed by atoms with Crippen LogP contribution in [0.15, 0.2) is 42.6 Å². The summed E-state index contributed by atoms with van der Waals surface area (Å²) in [6.45, 7) is 8.79. The van der Waals surface area contributed by atoms with Crippen molar-refractivity contribution in [2.45, 2.75) is 20.0 Å². The highest BCUT2D eigenvalue weighted by atomic mass is 32.1. The summed E-state index contributed by atoms with van der Waals surface area (Å²) in [5, 5.41) is 5.91. The molecular weight excluding hydrogens is 542 g/mol. The summed E-state index contributed by atoms with van der Waals surface area (Å²) in [5.74, 6) is 1.56. The number of hydrogen-bond acceptors (Lipinski definition) is 10. The Kier molecular flexibility index (Phi) is 9.59. The molecule has 2 saturated heterocycles. The highest BCUT2D eigenvalue weighted by Gasteiger charge is 2.25. The van der Waals surface area contributed by atoms with Gasteiger partial charge in [0.15, 0.2) is 0 Å². The molecule has 41 heavy (non-hydrogen) atoms. The van der Waals surface area contributed by atoms with E-state index in [9.17, 15) is 9.59 Å². The highest BCUT2D eigenvalue weighted by molar-refractivity contribution is 6.99. The minimum absolute atomic E-state index is 0.0755. The van der Waals surface area contributed by atoms with Crippen LogP contribution in [0, 0.1) is 0 Å². The van der Waals surface area contributed by atoms with Crippen LogP contribution in [-0.4, -0.2) is 106 Å². The fourth-order valence-corrected chi connectivity index (χ4v) is 5.35. The summed E-state index contributed by atoms with van der Waals surface area (Å²) in [6.07, 6.45) is 2.58. The normalized spacial score (nSPS) is 16.4. The van der Waals surface area contributed by atoms with Gasteiger partial charge in [0.2, 0.25) is 11.7 Å². The van der Waals surface area contributed by atoms with Gasteiger partial charge >= 0.3 is 6.03 Å². The van der Waals surface area contributed by atoms with Crippen LogP contribution >= 0.6 is 11.7 Å². The molecule has 218 valence electrons. The number of rotatable bonds is 9. The fourth-order valence-electron chi connectivity index (χ4n) is 4.83. The number of aryl methyl sites for hydroxylation is 1. The monoisotopic (exact) mass is 579 g/mol. The van der Waals surface area contributed by atoms with Gasteiger partial charge in [-0.25, -0.2) is 9.78 Å². The number of benzene rings is 1. The van der Waals surface area contributed by atoms with Crippen molar-refractivity contribution in [1.82, 2.24) is 28.4 Å². The zero-order chi connectivity index (χ0) is 28.6. The maximum absolute atomic E-state index is 12.8. The van der Waals surface area contributed by atoms with E-state index in [0.717, 1.165) is 55.6 Å². The Morgan fingerprint density at radius 1 is 0.951 bits per heavy atom. The first kappa shape index (κ1) is 28.7. The van der Waals surface area contributed by atoms with Crippen LogP contribution in [0.3, 0.4) is 0 Å². The van der Waals surface area contributed by atoms with Crippen molar-refractivity contribution in [2.75, 3.05) is 81.5 Å². The third-order valence-electron chi connectivity index (χ3n) is 7.33. The van der Waals surface area contributed by atoms with E-state index in [1.807, 2.05) is 35.2 Å². The molecule has 3 aromatic rings. The van der Waals surface area contributed by atoms with Gasteiger partial charge in [0, 0.05) is 64.2 Å². The van der Waals surface area contributed by atoms with E-state index < -0.39 is 0 Å². The molecule has 2 N–H and O–H groups in total. The molecule has 0 bridgehead atoms. The molecule has 0 aliphatic carbocycles. The highest BCUT2D eigenvalue weighted by Crippen LogP contribution is 2.27. The SMILES string of the molecule is CCc1cccc(NC(=O)N2CCN(c3nsnc3OCc3ccnc(NC(=O)CN4CCN(C)CC4)c3)CC2)c1. The minimum atomic E-state index is -0.102. The smallest absolute Gasteiger partial charge is 0.321 e. The van der Waals surface area contributed by atoms with Gasteiger partial charge < -0.3 is 30.1 Å². The number of aromatic nitrogens is 3. The van der Waals surface area contributed by atoms with Gasteiger partial charge in [0.05, 0.1) is 18.3 Å². The number of urea groups is 1. The number of nitrogens with one attached hydrogen (secondary N) is 2. The van der Waals surface area contributed by atoms with Crippen LogP contribution in [0.2, 0.25) is 0 Å². The number of ether oxygens (including phenoxy) is 1. The summed E-state index contributed by atoms with van der Waals surface area (Å²) in [5.41, 5.74) is 2.86. The van der Waals surface area contributed by atoms with Crippen LogP contribution in [0.25, 0.3) is 0 Å². The van der Waals surface area contributed by atoms with Crippen LogP contribution in [0.5, 0.6) is 5.88 Å². The quantitative estimate of drug-likeness (QED) is 0.394. The van der Waals surface area contributed by atoms with E-state index in [4.69, 9.17) is 4.74 Å². The Morgan fingerprint density at radius 3 is 2.54 bits per heavy atom. The summed E-state index contributed by atoms with van der Waals surface area (Å²) >= 11 is 1.10. The zero-order valence-corrected chi connectivity index (χ0v) is 24.4. The topological polar surface area (TPSA) is 119 Å². The van der Waals surface area contributed by atoms with E-state index in [0.29, 0.717) is 50.2 Å². The predicted octanol–water partition coefficient (Wildman–Crippen LogP) is 2.61. The minimum Gasteiger partial charge on any atom is -0.470 e. The van der Waals surface area contributed by atoms with Crippen molar-refractivity contribution < 1.29 is 14.3 Å². The van der Waals surface area contributed by atoms with Crippen LogP contribution < -0.4 is 20.3 Å². The van der Waals surface area contributed by atoms with E-state index in [1.165, 1.54) is 5.56 Å². The number of hydrogen-bond donors (Lipinski definition) is 2. The molecule has 0 atom stereocenters. The number of pyridine rings is 1.